The minimum Gasteiger partial charge on any atom is -0.497 e. The molecular formula is C21H25N2O3+. The summed E-state index contributed by atoms with van der Waals surface area (Å²) >= 11 is 0. The molecule has 1 unspecified atom stereocenters. The van der Waals surface area contributed by atoms with E-state index in [9.17, 15) is 9.59 Å². The van der Waals surface area contributed by atoms with Gasteiger partial charge in [0.25, 0.3) is 5.91 Å². The van der Waals surface area contributed by atoms with Gasteiger partial charge in [-0.2, -0.15) is 0 Å². The van der Waals surface area contributed by atoms with Crippen LogP contribution in [0.3, 0.4) is 0 Å². The summed E-state index contributed by atoms with van der Waals surface area (Å²) in [5.41, 5.74) is 2.57. The summed E-state index contributed by atoms with van der Waals surface area (Å²) in [5, 5.41) is 2.93. The van der Waals surface area contributed by atoms with Crippen molar-refractivity contribution < 1.29 is 19.2 Å². The largest absolute Gasteiger partial charge is 0.497 e. The molecule has 0 aliphatic heterocycles. The quantitative estimate of drug-likeness (QED) is 0.715. The van der Waals surface area contributed by atoms with Gasteiger partial charge in [-0.1, -0.05) is 0 Å². The lowest BCUT2D eigenvalue weighted by molar-refractivity contribution is -0.916. The Morgan fingerprint density at radius 2 is 1.73 bits per heavy atom. The van der Waals surface area contributed by atoms with E-state index in [2.05, 4.69) is 17.4 Å². The van der Waals surface area contributed by atoms with Gasteiger partial charge >= 0.3 is 0 Å². The summed E-state index contributed by atoms with van der Waals surface area (Å²) < 4.78 is 5.20. The Morgan fingerprint density at radius 1 is 1.08 bits per heavy atom. The van der Waals surface area contributed by atoms with Crippen molar-refractivity contribution in [2.75, 3.05) is 19.0 Å². The van der Waals surface area contributed by atoms with E-state index in [0.29, 0.717) is 18.2 Å². The van der Waals surface area contributed by atoms with Crippen molar-refractivity contribution in [2.45, 2.75) is 32.4 Å². The second-order valence-electron chi connectivity index (χ2n) is 6.82. The molecule has 0 bridgehead atoms. The zero-order valence-electron chi connectivity index (χ0n) is 15.2. The summed E-state index contributed by atoms with van der Waals surface area (Å²) in [7, 11) is 1.66. The van der Waals surface area contributed by atoms with Crippen LogP contribution in [-0.2, 0) is 11.3 Å². The van der Waals surface area contributed by atoms with Crippen LogP contribution in [0.4, 0.5) is 5.69 Å². The normalized spacial score (nSPS) is 14.5. The number of hydrogen-bond acceptors (Lipinski definition) is 3. The van der Waals surface area contributed by atoms with Gasteiger partial charge < -0.3 is 15.0 Å². The van der Waals surface area contributed by atoms with Crippen LogP contribution in [0.2, 0.25) is 0 Å². The third kappa shape index (κ3) is 4.92. The number of hydrogen-bond donors (Lipinski definition) is 2. The molecule has 136 valence electrons. The molecule has 26 heavy (non-hydrogen) atoms. The number of quaternary nitrogens is 1. The average molecular weight is 353 g/mol. The molecule has 3 rings (SSSR count). The minimum atomic E-state index is -0.00372. The molecule has 0 spiro atoms. The number of ether oxygens (including phenoxy) is 1. The third-order valence-corrected chi connectivity index (χ3v) is 4.71. The zero-order chi connectivity index (χ0) is 18.5. The molecule has 2 aromatic rings. The number of amides is 1. The van der Waals surface area contributed by atoms with Gasteiger partial charge in [-0.25, -0.2) is 0 Å². The van der Waals surface area contributed by atoms with E-state index >= 15 is 0 Å². The number of anilines is 1. The van der Waals surface area contributed by atoms with Crippen LogP contribution < -0.4 is 15.0 Å². The standard InChI is InChI=1S/C21H24N2O3/c1-15(24)17-5-7-18(8-6-17)22-21(25)14-23(19-9-10-19)13-16-3-11-20(26-2)12-4-16/h3-8,11-12,19H,9-10,13-14H2,1-2H3,(H,22,25)/p+1. The van der Waals surface area contributed by atoms with Crippen LogP contribution in [0.25, 0.3) is 0 Å². The molecule has 2 aromatic carbocycles. The molecule has 1 saturated carbocycles. The number of carbonyl (C=O) groups is 2. The number of carbonyl (C=O) groups excluding carboxylic acids is 2. The second-order valence-corrected chi connectivity index (χ2v) is 6.82. The fourth-order valence-corrected chi connectivity index (χ4v) is 3.05. The van der Waals surface area contributed by atoms with Crippen molar-refractivity contribution in [2.24, 2.45) is 0 Å². The number of ketones is 1. The first kappa shape index (κ1) is 18.1. The van der Waals surface area contributed by atoms with Crippen LogP contribution >= 0.6 is 0 Å². The van der Waals surface area contributed by atoms with Crippen molar-refractivity contribution in [1.29, 1.82) is 0 Å². The molecule has 5 heteroatoms. The van der Waals surface area contributed by atoms with Crippen LogP contribution in [0.5, 0.6) is 5.75 Å². The Kier molecular flexibility index (Phi) is 5.68. The van der Waals surface area contributed by atoms with Crippen LogP contribution in [0.15, 0.2) is 48.5 Å². The Morgan fingerprint density at radius 3 is 2.27 bits per heavy atom. The van der Waals surface area contributed by atoms with E-state index < -0.39 is 0 Å². The molecule has 0 heterocycles. The summed E-state index contributed by atoms with van der Waals surface area (Å²) in [6.45, 7) is 2.79. The highest BCUT2D eigenvalue weighted by molar-refractivity contribution is 5.95. The molecule has 2 N–H and O–H groups in total. The molecule has 0 saturated heterocycles. The van der Waals surface area contributed by atoms with E-state index in [0.717, 1.165) is 18.0 Å². The smallest absolute Gasteiger partial charge is 0.279 e. The van der Waals surface area contributed by atoms with Gasteiger partial charge in [0.2, 0.25) is 0 Å². The number of methoxy groups -OCH3 is 1. The number of nitrogens with one attached hydrogen (secondary N) is 2. The number of benzene rings is 2. The van der Waals surface area contributed by atoms with Gasteiger partial charge in [-0.05, 0) is 55.5 Å². The van der Waals surface area contributed by atoms with Crippen molar-refractivity contribution in [3.05, 3.63) is 59.7 Å². The molecule has 5 nitrogen and oxygen atoms in total. The van der Waals surface area contributed by atoms with Gasteiger partial charge in [0.1, 0.15) is 12.3 Å². The molecule has 1 atom stereocenters. The Labute approximate surface area is 154 Å². The zero-order valence-corrected chi connectivity index (χ0v) is 15.2. The molecular weight excluding hydrogens is 328 g/mol. The predicted molar refractivity (Wildman–Crippen MR) is 101 cm³/mol. The molecule has 1 amide bonds. The maximum atomic E-state index is 12.4. The first-order chi connectivity index (χ1) is 12.5. The van der Waals surface area contributed by atoms with E-state index in [-0.39, 0.29) is 11.7 Å². The fourth-order valence-electron chi connectivity index (χ4n) is 3.05. The SMILES string of the molecule is COc1ccc(C[NH+](CC(=O)Nc2ccc(C(C)=O)cc2)C2CC2)cc1. The van der Waals surface area contributed by atoms with Gasteiger partial charge in [-0.3, -0.25) is 9.59 Å². The number of rotatable bonds is 8. The first-order valence-electron chi connectivity index (χ1n) is 8.93. The lowest BCUT2D eigenvalue weighted by Crippen LogP contribution is -3.13. The second kappa shape index (κ2) is 8.15. The van der Waals surface area contributed by atoms with Crippen LogP contribution in [-0.4, -0.2) is 31.4 Å². The van der Waals surface area contributed by atoms with E-state index in [1.807, 2.05) is 12.1 Å². The van der Waals surface area contributed by atoms with Crippen LogP contribution in [0.1, 0.15) is 35.7 Å². The maximum absolute atomic E-state index is 12.4. The van der Waals surface area contributed by atoms with Crippen molar-refractivity contribution in [3.63, 3.8) is 0 Å². The predicted octanol–water partition coefficient (Wildman–Crippen LogP) is 2.08. The minimum absolute atomic E-state index is 0.00372. The number of Topliss-reactive ketones (excluding diaryl/α,β-unsaturated/α-hetero) is 1. The van der Waals surface area contributed by atoms with E-state index in [4.69, 9.17) is 4.74 Å². The van der Waals surface area contributed by atoms with Gasteiger partial charge in [0.05, 0.1) is 13.2 Å². The van der Waals surface area contributed by atoms with E-state index in [1.54, 1.807) is 31.4 Å². The highest BCUT2D eigenvalue weighted by Gasteiger charge is 2.34. The Balaban J connectivity index is 1.58. The van der Waals surface area contributed by atoms with E-state index in [1.165, 1.54) is 30.2 Å². The van der Waals surface area contributed by atoms with Crippen molar-refractivity contribution in [3.8, 4) is 5.75 Å². The summed E-state index contributed by atoms with van der Waals surface area (Å²) in [6, 6.07) is 15.6. The molecule has 0 aromatic heterocycles. The summed E-state index contributed by atoms with van der Waals surface area (Å²) in [4.78, 5) is 25.1. The third-order valence-electron chi connectivity index (χ3n) is 4.71. The van der Waals surface area contributed by atoms with Crippen molar-refractivity contribution >= 4 is 17.4 Å². The van der Waals surface area contributed by atoms with Gasteiger partial charge in [-0.15, -0.1) is 0 Å². The highest BCUT2D eigenvalue weighted by atomic mass is 16.5. The average Bonchev–Trinajstić information content (AvgIpc) is 3.47. The fraction of sp³-hybridized carbons (Fsp3) is 0.333. The topological polar surface area (TPSA) is 59.8 Å². The van der Waals surface area contributed by atoms with Crippen molar-refractivity contribution in [1.82, 2.24) is 0 Å². The Hall–Kier alpha value is -2.66. The van der Waals surface area contributed by atoms with Gasteiger partial charge in [0.15, 0.2) is 12.3 Å². The molecule has 1 fully saturated rings. The lowest BCUT2D eigenvalue weighted by Gasteiger charge is -2.19. The summed E-state index contributed by atoms with van der Waals surface area (Å²) in [5.74, 6) is 0.858. The highest BCUT2D eigenvalue weighted by Crippen LogP contribution is 2.17. The summed E-state index contributed by atoms with van der Waals surface area (Å²) in [6.07, 6.45) is 2.35. The first-order valence-corrected chi connectivity index (χ1v) is 8.93. The Bertz CT molecular complexity index is 765. The molecule has 1 aliphatic carbocycles. The van der Waals surface area contributed by atoms with Gasteiger partial charge in [0, 0.05) is 29.7 Å². The lowest BCUT2D eigenvalue weighted by atomic mass is 10.1. The van der Waals surface area contributed by atoms with Crippen LogP contribution in [0, 0.1) is 0 Å². The molecule has 0 radical (unpaired) electrons. The maximum Gasteiger partial charge on any atom is 0.279 e. The monoisotopic (exact) mass is 353 g/mol. The molecule has 1 aliphatic rings.